The smallest absolute Gasteiger partial charge is 0.324 e. The minimum absolute atomic E-state index is 0.0176. The molecule has 3 aromatic carbocycles. The molecule has 0 aliphatic heterocycles. The van der Waals surface area contributed by atoms with Crippen molar-refractivity contribution in [3.63, 3.8) is 0 Å². The highest BCUT2D eigenvalue weighted by Gasteiger charge is 2.31. The molecule has 0 radical (unpaired) electrons. The van der Waals surface area contributed by atoms with Gasteiger partial charge in [-0.3, -0.25) is 9.36 Å². The van der Waals surface area contributed by atoms with Gasteiger partial charge < -0.3 is 5.32 Å². The van der Waals surface area contributed by atoms with Crippen LogP contribution >= 0.6 is 23.4 Å². The van der Waals surface area contributed by atoms with E-state index in [2.05, 4.69) is 15.5 Å². The van der Waals surface area contributed by atoms with Crippen molar-refractivity contribution >= 4 is 35.0 Å². The van der Waals surface area contributed by atoms with E-state index in [0.717, 1.165) is 35.5 Å². The van der Waals surface area contributed by atoms with Crippen molar-refractivity contribution in [3.05, 3.63) is 101 Å². The van der Waals surface area contributed by atoms with Crippen LogP contribution < -0.4 is 5.32 Å². The summed E-state index contributed by atoms with van der Waals surface area (Å²) in [5, 5.41) is 11.2. The number of alkyl halides is 3. The van der Waals surface area contributed by atoms with Crippen molar-refractivity contribution in [3.8, 4) is 5.69 Å². The first-order valence-electron chi connectivity index (χ1n) is 10.2. The quantitative estimate of drug-likeness (QED) is 0.226. The third kappa shape index (κ3) is 6.20. The second kappa shape index (κ2) is 10.5. The van der Waals surface area contributed by atoms with E-state index in [1.165, 1.54) is 12.1 Å². The zero-order valence-electron chi connectivity index (χ0n) is 17.9. The largest absolute Gasteiger partial charge is 0.416 e. The molecular weight excluding hydrogens is 504 g/mol. The van der Waals surface area contributed by atoms with E-state index < -0.39 is 23.5 Å². The maximum Gasteiger partial charge on any atom is 0.416 e. The van der Waals surface area contributed by atoms with Crippen LogP contribution in [0.2, 0.25) is 5.02 Å². The van der Waals surface area contributed by atoms with Crippen LogP contribution in [-0.4, -0.2) is 26.4 Å². The van der Waals surface area contributed by atoms with Gasteiger partial charge >= 0.3 is 6.18 Å². The van der Waals surface area contributed by atoms with Crippen LogP contribution in [-0.2, 0) is 17.4 Å². The fourth-order valence-corrected chi connectivity index (χ4v) is 4.19. The second-order valence-electron chi connectivity index (χ2n) is 7.40. The highest BCUT2D eigenvalue weighted by molar-refractivity contribution is 7.99. The Morgan fingerprint density at radius 1 is 1.00 bits per heavy atom. The predicted octanol–water partition coefficient (Wildman–Crippen LogP) is 6.40. The van der Waals surface area contributed by atoms with Crippen molar-refractivity contribution in [1.82, 2.24) is 14.8 Å². The molecule has 0 saturated heterocycles. The van der Waals surface area contributed by atoms with Crippen molar-refractivity contribution in [2.45, 2.75) is 17.8 Å². The molecule has 0 spiro atoms. The average molecular weight is 521 g/mol. The van der Waals surface area contributed by atoms with Gasteiger partial charge in [-0.2, -0.15) is 13.2 Å². The Morgan fingerprint density at radius 2 is 1.71 bits per heavy atom. The molecule has 4 rings (SSSR count). The van der Waals surface area contributed by atoms with Crippen LogP contribution in [0.3, 0.4) is 0 Å². The Kier molecular flexibility index (Phi) is 7.42. The summed E-state index contributed by atoms with van der Waals surface area (Å²) in [6.07, 6.45) is -4.13. The summed E-state index contributed by atoms with van der Waals surface area (Å²) in [5.41, 5.74) is 0.520. The van der Waals surface area contributed by atoms with Crippen LogP contribution in [0.5, 0.6) is 0 Å². The number of halogens is 5. The lowest BCUT2D eigenvalue weighted by atomic mass is 10.1. The van der Waals surface area contributed by atoms with E-state index in [-0.39, 0.29) is 16.5 Å². The Hall–Kier alpha value is -3.37. The lowest BCUT2D eigenvalue weighted by Crippen LogP contribution is -2.16. The number of thioether (sulfide) groups is 1. The zero-order chi connectivity index (χ0) is 25.0. The molecule has 35 heavy (non-hydrogen) atoms. The number of aromatic nitrogens is 3. The lowest BCUT2D eigenvalue weighted by molar-refractivity contribution is -0.137. The van der Waals surface area contributed by atoms with Gasteiger partial charge in [-0.05, 0) is 48.0 Å². The van der Waals surface area contributed by atoms with Crippen LogP contribution in [0.1, 0.15) is 17.0 Å². The number of nitrogens with one attached hydrogen (secondary N) is 1. The van der Waals surface area contributed by atoms with Crippen molar-refractivity contribution in [2.24, 2.45) is 0 Å². The van der Waals surface area contributed by atoms with Crippen LogP contribution in [0, 0.1) is 5.82 Å². The van der Waals surface area contributed by atoms with E-state index in [4.69, 9.17) is 11.6 Å². The third-order valence-electron chi connectivity index (χ3n) is 4.89. The molecule has 0 fully saturated rings. The Morgan fingerprint density at radius 3 is 2.40 bits per heavy atom. The van der Waals surface area contributed by atoms with Crippen molar-refractivity contribution in [1.29, 1.82) is 0 Å². The summed E-state index contributed by atoms with van der Waals surface area (Å²) in [5.74, 6) is -0.573. The SMILES string of the molecule is O=C(CSc1nnc(Cc2ccccc2)n1-c1ccc(F)cc1)Nc1cc(C(F)(F)F)ccc1Cl. The molecule has 1 heterocycles. The van der Waals surface area contributed by atoms with E-state index in [1.54, 1.807) is 16.7 Å². The zero-order valence-corrected chi connectivity index (χ0v) is 19.5. The van der Waals surface area contributed by atoms with Crippen molar-refractivity contribution < 1.29 is 22.4 Å². The highest BCUT2D eigenvalue weighted by atomic mass is 35.5. The topological polar surface area (TPSA) is 59.8 Å². The molecule has 4 aromatic rings. The van der Waals surface area contributed by atoms with E-state index >= 15 is 0 Å². The summed E-state index contributed by atoms with van der Waals surface area (Å²) in [4.78, 5) is 12.5. The number of rotatable bonds is 7. The van der Waals surface area contributed by atoms with Crippen LogP contribution in [0.4, 0.5) is 23.2 Å². The Balaban J connectivity index is 1.54. The number of hydrogen-bond acceptors (Lipinski definition) is 4. The molecule has 11 heteroatoms. The van der Waals surface area contributed by atoms with E-state index in [1.807, 2.05) is 30.3 Å². The maximum absolute atomic E-state index is 13.5. The van der Waals surface area contributed by atoms with Gasteiger partial charge in [-0.15, -0.1) is 10.2 Å². The summed E-state index contributed by atoms with van der Waals surface area (Å²) >= 11 is 7.00. The summed E-state index contributed by atoms with van der Waals surface area (Å²) < 4.78 is 54.2. The van der Waals surface area contributed by atoms with Gasteiger partial charge in [0.25, 0.3) is 0 Å². The molecular formula is C24H17ClF4N4OS. The van der Waals surface area contributed by atoms with E-state index in [0.29, 0.717) is 23.1 Å². The first-order chi connectivity index (χ1) is 16.7. The van der Waals surface area contributed by atoms with Crippen LogP contribution in [0.15, 0.2) is 78.0 Å². The molecule has 0 saturated carbocycles. The Labute approximate surface area is 207 Å². The first-order valence-corrected chi connectivity index (χ1v) is 11.6. The normalized spacial score (nSPS) is 11.5. The number of benzene rings is 3. The molecule has 0 bridgehead atoms. The number of amides is 1. The van der Waals surface area contributed by atoms with Crippen LogP contribution in [0.25, 0.3) is 5.69 Å². The fourth-order valence-electron chi connectivity index (χ4n) is 3.25. The van der Waals surface area contributed by atoms with Gasteiger partial charge in [0.15, 0.2) is 5.16 Å². The van der Waals surface area contributed by atoms with Gasteiger partial charge in [0.05, 0.1) is 22.0 Å². The summed E-state index contributed by atoms with van der Waals surface area (Å²) in [7, 11) is 0. The van der Waals surface area contributed by atoms with E-state index in [9.17, 15) is 22.4 Å². The van der Waals surface area contributed by atoms with Gasteiger partial charge in [-0.25, -0.2) is 4.39 Å². The molecule has 5 nitrogen and oxygen atoms in total. The molecule has 1 amide bonds. The molecule has 180 valence electrons. The molecule has 0 atom stereocenters. The number of carbonyl (C=O) groups is 1. The number of hydrogen-bond donors (Lipinski definition) is 1. The fraction of sp³-hybridized carbons (Fsp3) is 0.125. The lowest BCUT2D eigenvalue weighted by Gasteiger charge is -2.12. The average Bonchev–Trinajstić information content (AvgIpc) is 3.22. The summed E-state index contributed by atoms with van der Waals surface area (Å²) in [6, 6.07) is 18.0. The number of nitrogens with zero attached hydrogens (tertiary/aromatic N) is 3. The molecule has 0 unspecified atom stereocenters. The first kappa shape index (κ1) is 24.7. The van der Waals surface area contributed by atoms with Gasteiger partial charge in [0.2, 0.25) is 5.91 Å². The van der Waals surface area contributed by atoms with Gasteiger partial charge in [0, 0.05) is 12.1 Å². The molecule has 1 aromatic heterocycles. The second-order valence-corrected chi connectivity index (χ2v) is 8.75. The molecule has 0 aliphatic rings. The minimum atomic E-state index is -4.57. The molecule has 1 N–H and O–H groups in total. The minimum Gasteiger partial charge on any atom is -0.324 e. The monoisotopic (exact) mass is 520 g/mol. The predicted molar refractivity (Wildman–Crippen MR) is 126 cm³/mol. The van der Waals surface area contributed by atoms with Gasteiger partial charge in [-0.1, -0.05) is 53.7 Å². The Bertz CT molecular complexity index is 1330. The van der Waals surface area contributed by atoms with Crippen molar-refractivity contribution in [2.75, 3.05) is 11.1 Å². The summed E-state index contributed by atoms with van der Waals surface area (Å²) in [6.45, 7) is 0. The van der Waals surface area contributed by atoms with Gasteiger partial charge in [0.1, 0.15) is 11.6 Å². The highest BCUT2D eigenvalue weighted by Crippen LogP contribution is 2.34. The maximum atomic E-state index is 13.5. The number of anilines is 1. The third-order valence-corrected chi connectivity index (χ3v) is 6.15. The molecule has 0 aliphatic carbocycles. The number of carbonyl (C=O) groups excluding carboxylic acids is 1. The standard InChI is InChI=1S/C24H17ClF4N4OS/c25-19-11-6-16(24(27,28)29)13-20(19)30-22(34)14-35-23-32-31-21(12-15-4-2-1-3-5-15)33(23)18-9-7-17(26)8-10-18/h1-11,13H,12,14H2,(H,30,34).